The number of rotatable bonds is 5. The second-order valence-corrected chi connectivity index (χ2v) is 6.38. The molecule has 0 aliphatic carbocycles. The van der Waals surface area contributed by atoms with E-state index in [-0.39, 0.29) is 5.78 Å². The predicted octanol–water partition coefficient (Wildman–Crippen LogP) is 3.90. The molecule has 20 heavy (non-hydrogen) atoms. The standard InChI is InChI=1S/C16H22BrNO2/c1-12(19)15-7-6-13(17)11-16(15)20-10-8-14-5-3-4-9-18(14)2/h6-7,11,14H,3-5,8-10H2,1-2H3. The molecule has 1 saturated heterocycles. The summed E-state index contributed by atoms with van der Waals surface area (Å²) in [5.74, 6) is 0.729. The molecule has 0 radical (unpaired) electrons. The van der Waals surface area contributed by atoms with Gasteiger partial charge in [-0.05, 0) is 58.0 Å². The quantitative estimate of drug-likeness (QED) is 0.762. The molecule has 0 aromatic heterocycles. The fourth-order valence-electron chi connectivity index (χ4n) is 2.72. The molecule has 0 amide bonds. The lowest BCUT2D eigenvalue weighted by atomic mass is 10.0. The Hall–Kier alpha value is -0.870. The van der Waals surface area contributed by atoms with Crippen LogP contribution in [0.15, 0.2) is 22.7 Å². The van der Waals surface area contributed by atoms with E-state index in [0.717, 1.165) is 10.9 Å². The number of halogens is 1. The van der Waals surface area contributed by atoms with Gasteiger partial charge in [0.1, 0.15) is 5.75 Å². The summed E-state index contributed by atoms with van der Waals surface area (Å²) >= 11 is 3.42. The zero-order valence-corrected chi connectivity index (χ0v) is 13.8. The van der Waals surface area contributed by atoms with Gasteiger partial charge in [0.15, 0.2) is 5.78 Å². The average Bonchev–Trinajstić information content (AvgIpc) is 2.41. The van der Waals surface area contributed by atoms with Crippen molar-refractivity contribution < 1.29 is 9.53 Å². The van der Waals surface area contributed by atoms with Gasteiger partial charge in [0.2, 0.25) is 0 Å². The van der Waals surface area contributed by atoms with Gasteiger partial charge in [-0.25, -0.2) is 0 Å². The number of piperidine rings is 1. The third kappa shape index (κ3) is 4.06. The number of Topliss-reactive ketones (excluding diaryl/α,β-unsaturated/α-hetero) is 1. The lowest BCUT2D eigenvalue weighted by Crippen LogP contribution is -2.37. The van der Waals surface area contributed by atoms with E-state index in [1.54, 1.807) is 6.92 Å². The second-order valence-electron chi connectivity index (χ2n) is 5.46. The topological polar surface area (TPSA) is 29.5 Å². The summed E-state index contributed by atoms with van der Waals surface area (Å²) in [4.78, 5) is 14.0. The highest BCUT2D eigenvalue weighted by Crippen LogP contribution is 2.25. The number of ketones is 1. The van der Waals surface area contributed by atoms with Crippen molar-refractivity contribution in [2.75, 3.05) is 20.2 Å². The van der Waals surface area contributed by atoms with Gasteiger partial charge in [0, 0.05) is 10.5 Å². The first kappa shape index (κ1) is 15.5. The molecular weight excluding hydrogens is 318 g/mol. The first-order valence-electron chi connectivity index (χ1n) is 7.21. The molecule has 0 N–H and O–H groups in total. The SMILES string of the molecule is CC(=O)c1ccc(Br)cc1OCCC1CCCCN1C. The summed E-state index contributed by atoms with van der Waals surface area (Å²) in [7, 11) is 2.18. The van der Waals surface area contributed by atoms with Gasteiger partial charge in [-0.15, -0.1) is 0 Å². The van der Waals surface area contributed by atoms with E-state index < -0.39 is 0 Å². The van der Waals surface area contributed by atoms with Crippen LogP contribution in [0.3, 0.4) is 0 Å². The molecule has 1 heterocycles. The maximum Gasteiger partial charge on any atom is 0.163 e. The maximum absolute atomic E-state index is 11.6. The smallest absolute Gasteiger partial charge is 0.163 e. The van der Waals surface area contributed by atoms with E-state index in [4.69, 9.17) is 4.74 Å². The Kier molecular flexibility index (Phi) is 5.61. The zero-order chi connectivity index (χ0) is 14.5. The normalized spacial score (nSPS) is 19.9. The Morgan fingerprint density at radius 2 is 2.25 bits per heavy atom. The van der Waals surface area contributed by atoms with Crippen molar-refractivity contribution in [2.24, 2.45) is 0 Å². The highest BCUT2D eigenvalue weighted by molar-refractivity contribution is 9.10. The average molecular weight is 340 g/mol. The first-order valence-corrected chi connectivity index (χ1v) is 8.01. The number of carbonyl (C=O) groups is 1. The Morgan fingerprint density at radius 3 is 2.95 bits per heavy atom. The molecule has 1 aliphatic heterocycles. The lowest BCUT2D eigenvalue weighted by Gasteiger charge is -2.32. The van der Waals surface area contributed by atoms with Crippen LogP contribution in [-0.4, -0.2) is 36.9 Å². The van der Waals surface area contributed by atoms with Crippen molar-refractivity contribution in [3.63, 3.8) is 0 Å². The van der Waals surface area contributed by atoms with Crippen LogP contribution in [0, 0.1) is 0 Å². The van der Waals surface area contributed by atoms with Crippen LogP contribution >= 0.6 is 15.9 Å². The molecule has 1 aromatic rings. The summed E-state index contributed by atoms with van der Waals surface area (Å²) in [6.07, 6.45) is 4.87. The summed E-state index contributed by atoms with van der Waals surface area (Å²) < 4.78 is 6.79. The molecule has 3 nitrogen and oxygen atoms in total. The number of ether oxygens (including phenoxy) is 1. The number of nitrogens with zero attached hydrogens (tertiary/aromatic N) is 1. The van der Waals surface area contributed by atoms with Crippen LogP contribution in [0.2, 0.25) is 0 Å². The van der Waals surface area contributed by atoms with Crippen molar-refractivity contribution in [2.45, 2.75) is 38.6 Å². The van der Waals surface area contributed by atoms with Crippen LogP contribution in [0.5, 0.6) is 5.75 Å². The third-order valence-electron chi connectivity index (χ3n) is 3.95. The largest absolute Gasteiger partial charge is 0.493 e. The Morgan fingerprint density at radius 1 is 1.45 bits per heavy atom. The van der Waals surface area contributed by atoms with Crippen LogP contribution in [0.4, 0.5) is 0 Å². The van der Waals surface area contributed by atoms with E-state index >= 15 is 0 Å². The highest BCUT2D eigenvalue weighted by Gasteiger charge is 2.19. The predicted molar refractivity (Wildman–Crippen MR) is 84.5 cm³/mol. The molecule has 1 aromatic carbocycles. The molecule has 2 rings (SSSR count). The number of carbonyl (C=O) groups excluding carboxylic acids is 1. The van der Waals surface area contributed by atoms with Crippen LogP contribution in [-0.2, 0) is 0 Å². The number of hydrogen-bond acceptors (Lipinski definition) is 3. The minimum Gasteiger partial charge on any atom is -0.493 e. The van der Waals surface area contributed by atoms with Gasteiger partial charge in [-0.1, -0.05) is 22.4 Å². The molecular formula is C16H22BrNO2. The van der Waals surface area contributed by atoms with Crippen LogP contribution in [0.1, 0.15) is 43.0 Å². The second kappa shape index (κ2) is 7.23. The monoisotopic (exact) mass is 339 g/mol. The Bertz CT molecular complexity index is 476. The highest BCUT2D eigenvalue weighted by atomic mass is 79.9. The molecule has 0 saturated carbocycles. The van der Waals surface area contributed by atoms with Crippen molar-refractivity contribution in [3.05, 3.63) is 28.2 Å². The van der Waals surface area contributed by atoms with Crippen molar-refractivity contribution >= 4 is 21.7 Å². The van der Waals surface area contributed by atoms with E-state index in [2.05, 4.69) is 27.9 Å². The number of hydrogen-bond donors (Lipinski definition) is 0. The Balaban J connectivity index is 1.93. The minimum absolute atomic E-state index is 0.0438. The molecule has 1 fully saturated rings. The summed E-state index contributed by atoms with van der Waals surface area (Å²) in [6.45, 7) is 3.41. The van der Waals surface area contributed by atoms with E-state index in [0.29, 0.717) is 24.0 Å². The fraction of sp³-hybridized carbons (Fsp3) is 0.562. The molecule has 0 bridgehead atoms. The number of likely N-dealkylation sites (tertiary alicyclic amines) is 1. The Labute approximate surface area is 129 Å². The van der Waals surface area contributed by atoms with Gasteiger partial charge in [0.05, 0.1) is 12.2 Å². The summed E-state index contributed by atoms with van der Waals surface area (Å²) in [6, 6.07) is 6.17. The first-order chi connectivity index (χ1) is 9.58. The van der Waals surface area contributed by atoms with Gasteiger partial charge in [-0.3, -0.25) is 4.79 Å². The zero-order valence-electron chi connectivity index (χ0n) is 12.2. The van der Waals surface area contributed by atoms with Gasteiger partial charge < -0.3 is 9.64 Å². The van der Waals surface area contributed by atoms with Crippen LogP contribution in [0.25, 0.3) is 0 Å². The minimum atomic E-state index is 0.0438. The third-order valence-corrected chi connectivity index (χ3v) is 4.45. The van der Waals surface area contributed by atoms with Crippen molar-refractivity contribution in [1.82, 2.24) is 4.90 Å². The van der Waals surface area contributed by atoms with E-state index in [9.17, 15) is 4.79 Å². The van der Waals surface area contributed by atoms with E-state index in [1.165, 1.54) is 25.8 Å². The lowest BCUT2D eigenvalue weighted by molar-refractivity contribution is 0.101. The molecule has 0 spiro atoms. The van der Waals surface area contributed by atoms with Crippen molar-refractivity contribution in [3.8, 4) is 5.75 Å². The van der Waals surface area contributed by atoms with Gasteiger partial charge in [0.25, 0.3) is 0 Å². The molecule has 1 unspecified atom stereocenters. The number of benzene rings is 1. The molecule has 110 valence electrons. The molecule has 1 aliphatic rings. The summed E-state index contributed by atoms with van der Waals surface area (Å²) in [5, 5.41) is 0. The van der Waals surface area contributed by atoms with Gasteiger partial charge >= 0.3 is 0 Å². The maximum atomic E-state index is 11.6. The van der Waals surface area contributed by atoms with Gasteiger partial charge in [-0.2, -0.15) is 0 Å². The van der Waals surface area contributed by atoms with Crippen molar-refractivity contribution in [1.29, 1.82) is 0 Å². The fourth-order valence-corrected chi connectivity index (χ4v) is 3.06. The molecule has 4 heteroatoms. The molecule has 1 atom stereocenters. The summed E-state index contributed by atoms with van der Waals surface area (Å²) in [5.41, 5.74) is 0.658. The van der Waals surface area contributed by atoms with E-state index in [1.807, 2.05) is 18.2 Å². The van der Waals surface area contributed by atoms with Crippen LogP contribution < -0.4 is 4.74 Å².